The Kier molecular flexibility index (Phi) is 14.3. The van der Waals surface area contributed by atoms with Gasteiger partial charge in [-0.3, -0.25) is 4.29 Å². The van der Waals surface area contributed by atoms with Crippen LogP contribution >= 0.6 is 11.9 Å². The van der Waals surface area contributed by atoms with Gasteiger partial charge in [-0.1, -0.05) is 27.7 Å². The molecule has 0 radical (unpaired) electrons. The molecule has 0 aliphatic carbocycles. The minimum absolute atomic E-state index is 0. The Hall–Kier alpha value is -0.180. The van der Waals surface area contributed by atoms with Crippen molar-refractivity contribution >= 4 is 11.9 Å². The summed E-state index contributed by atoms with van der Waals surface area (Å²) < 4.78 is 4.01. The molecule has 0 fully saturated rings. The van der Waals surface area contributed by atoms with Gasteiger partial charge in [-0.15, -0.1) is 0 Å². The van der Waals surface area contributed by atoms with E-state index in [-0.39, 0.29) is 25.8 Å². The van der Waals surface area contributed by atoms with Gasteiger partial charge in [-0.2, -0.15) is 34.4 Å². The second kappa shape index (κ2) is 12.8. The normalized spacial score (nSPS) is 8.53. The first kappa shape index (κ1) is 21.1. The molecule has 0 atom stereocenters. The Bertz CT molecular complexity index is 345. The molecule has 0 aliphatic heterocycles. The van der Waals surface area contributed by atoms with Crippen molar-refractivity contribution in [1.29, 1.82) is 0 Å². The molecule has 0 unspecified atom stereocenters. The van der Waals surface area contributed by atoms with Gasteiger partial charge in [-0.05, 0) is 6.92 Å². The summed E-state index contributed by atoms with van der Waals surface area (Å²) in [4.78, 5) is 0. The van der Waals surface area contributed by atoms with Crippen LogP contribution in [-0.2, 0) is 30.1 Å². The Morgan fingerprint density at radius 1 is 1.00 bits per heavy atom. The smallest absolute Gasteiger partial charge is 0.0654 e. The Labute approximate surface area is 141 Å². The maximum absolute atomic E-state index is 4.69. The molecule has 0 heterocycles. The van der Waals surface area contributed by atoms with Gasteiger partial charge >= 0.3 is 0 Å². The second-order valence-electron chi connectivity index (χ2n) is 4.18. The van der Waals surface area contributed by atoms with E-state index in [1.807, 2.05) is 6.92 Å². The molecule has 3 heteroatoms. The topological polar surface area (TPSA) is 9.23 Å². The van der Waals surface area contributed by atoms with Crippen LogP contribution < -0.4 is 0 Å². The zero-order valence-corrected chi connectivity index (χ0v) is 16.8. The summed E-state index contributed by atoms with van der Waals surface area (Å²) in [5.74, 6) is 0. The quantitative estimate of drug-likeness (QED) is 0.432. The molecule has 0 amide bonds. The molecule has 0 saturated carbocycles. The summed E-state index contributed by atoms with van der Waals surface area (Å²) in [6.45, 7) is 10.9. The Morgan fingerprint density at radius 2 is 1.32 bits per heavy atom. The van der Waals surface area contributed by atoms with E-state index < -0.39 is 0 Å². The summed E-state index contributed by atoms with van der Waals surface area (Å²) in [6, 6.07) is 12.6. The number of rotatable bonds is 1. The molecule has 0 aromatic heterocycles. The van der Waals surface area contributed by atoms with Gasteiger partial charge in [0.05, 0.1) is 18.5 Å². The molecule has 106 valence electrons. The maximum Gasteiger partial charge on any atom is 0.0654 e. The molecule has 2 rings (SSSR count). The first-order chi connectivity index (χ1) is 8.52. The van der Waals surface area contributed by atoms with Crippen LogP contribution in [-0.4, -0.2) is 6.61 Å². The summed E-state index contributed by atoms with van der Waals surface area (Å²) in [6.07, 6.45) is 0. The fourth-order valence-corrected chi connectivity index (χ4v) is 1.20. The van der Waals surface area contributed by atoms with Crippen molar-refractivity contribution in [3.8, 4) is 0 Å². The van der Waals surface area contributed by atoms with E-state index in [4.69, 9.17) is 0 Å². The SMILES string of the molecule is CCOCl.Cc1ccc[c-]1C.Cc1ccc[c-]1C.[Hf]. The summed E-state index contributed by atoms with van der Waals surface area (Å²) >= 11 is 4.69. The Balaban J connectivity index is 0. The molecule has 0 N–H and O–H groups in total. The van der Waals surface area contributed by atoms with Gasteiger partial charge < -0.3 is 0 Å². The van der Waals surface area contributed by atoms with Crippen LogP contribution in [0.2, 0.25) is 0 Å². The monoisotopic (exact) mass is 446 g/mol. The number of aryl methyl sites for hydroxylation is 4. The Morgan fingerprint density at radius 3 is 1.37 bits per heavy atom. The van der Waals surface area contributed by atoms with E-state index in [1.54, 1.807) is 0 Å². The van der Waals surface area contributed by atoms with E-state index in [0.29, 0.717) is 6.61 Å². The molecule has 0 spiro atoms. The predicted octanol–water partition coefficient (Wildman–Crippen LogP) is 5.22. The van der Waals surface area contributed by atoms with Crippen LogP contribution in [0.3, 0.4) is 0 Å². The average Bonchev–Trinajstić information content (AvgIpc) is 2.91. The molecule has 2 aromatic carbocycles. The molecule has 0 aliphatic rings. The third-order valence-corrected chi connectivity index (χ3v) is 2.96. The van der Waals surface area contributed by atoms with E-state index in [9.17, 15) is 0 Å². The fraction of sp³-hybridized carbons (Fsp3) is 0.375. The summed E-state index contributed by atoms with van der Waals surface area (Å²) in [7, 11) is 0. The molecular weight excluding hydrogens is 422 g/mol. The minimum Gasteiger partial charge on any atom is -0.280 e. The van der Waals surface area contributed by atoms with Crippen molar-refractivity contribution < 1.29 is 30.1 Å². The van der Waals surface area contributed by atoms with Crippen molar-refractivity contribution in [3.63, 3.8) is 0 Å². The third kappa shape index (κ3) is 10.3. The fourth-order valence-electron chi connectivity index (χ4n) is 1.20. The van der Waals surface area contributed by atoms with E-state index in [2.05, 4.69) is 80.2 Å². The predicted molar refractivity (Wildman–Crippen MR) is 80.5 cm³/mol. The zero-order valence-electron chi connectivity index (χ0n) is 12.5. The summed E-state index contributed by atoms with van der Waals surface area (Å²) in [5.41, 5.74) is 5.56. The van der Waals surface area contributed by atoms with Gasteiger partial charge in [0, 0.05) is 25.8 Å². The third-order valence-electron chi connectivity index (χ3n) is 2.74. The largest absolute Gasteiger partial charge is 0.280 e. The van der Waals surface area contributed by atoms with Crippen LogP contribution in [0.4, 0.5) is 0 Å². The zero-order chi connectivity index (χ0) is 14.0. The van der Waals surface area contributed by atoms with Crippen LogP contribution in [0.5, 0.6) is 0 Å². The molecule has 2 aromatic rings. The van der Waals surface area contributed by atoms with Crippen LogP contribution in [0, 0.1) is 27.7 Å². The number of hydrogen-bond acceptors (Lipinski definition) is 1. The van der Waals surface area contributed by atoms with Crippen molar-refractivity contribution in [1.82, 2.24) is 0 Å². The second-order valence-corrected chi connectivity index (χ2v) is 4.40. The van der Waals surface area contributed by atoms with Gasteiger partial charge in [0.25, 0.3) is 0 Å². The van der Waals surface area contributed by atoms with E-state index in [1.165, 1.54) is 22.3 Å². The maximum atomic E-state index is 4.69. The molecule has 1 nitrogen and oxygen atoms in total. The number of hydrogen-bond donors (Lipinski definition) is 0. The van der Waals surface area contributed by atoms with E-state index in [0.717, 1.165) is 0 Å². The standard InChI is InChI=1S/2C7H9.C2H5ClO.Hf/c2*1-6-4-3-5-7(6)2;1-2-4-3;/h2*3-5H,1-2H3;2H2,1H3;/q2*-1;;. The van der Waals surface area contributed by atoms with E-state index >= 15 is 0 Å². The van der Waals surface area contributed by atoms with Crippen molar-refractivity contribution in [2.24, 2.45) is 0 Å². The van der Waals surface area contributed by atoms with Crippen LogP contribution in [0.1, 0.15) is 29.2 Å². The first-order valence-electron chi connectivity index (χ1n) is 6.14. The van der Waals surface area contributed by atoms with Gasteiger partial charge in [0.2, 0.25) is 0 Å². The van der Waals surface area contributed by atoms with Crippen molar-refractivity contribution in [2.45, 2.75) is 34.6 Å². The van der Waals surface area contributed by atoms with Gasteiger partial charge in [0.15, 0.2) is 0 Å². The van der Waals surface area contributed by atoms with Gasteiger partial charge in [0.1, 0.15) is 0 Å². The summed E-state index contributed by atoms with van der Waals surface area (Å²) in [5, 5.41) is 0. The van der Waals surface area contributed by atoms with Crippen molar-refractivity contribution in [2.75, 3.05) is 6.61 Å². The molecular formula is C16H23ClHfO-2. The molecule has 0 saturated heterocycles. The number of halogens is 1. The van der Waals surface area contributed by atoms with Gasteiger partial charge in [-0.25, -0.2) is 24.3 Å². The minimum atomic E-state index is 0. The van der Waals surface area contributed by atoms with Crippen LogP contribution in [0.25, 0.3) is 0 Å². The molecule has 19 heavy (non-hydrogen) atoms. The first-order valence-corrected chi connectivity index (χ1v) is 6.45. The van der Waals surface area contributed by atoms with Crippen LogP contribution in [0.15, 0.2) is 36.4 Å². The molecule has 0 bridgehead atoms. The van der Waals surface area contributed by atoms with Crippen molar-refractivity contribution in [3.05, 3.63) is 58.7 Å². The average molecular weight is 445 g/mol.